The predicted octanol–water partition coefficient (Wildman–Crippen LogP) is 1.86. The second kappa shape index (κ2) is 8.33. The molecule has 156 valence electrons. The summed E-state index contributed by atoms with van der Waals surface area (Å²) in [6.07, 6.45) is 0. The molecule has 0 radical (unpaired) electrons. The fraction of sp³-hybridized carbons (Fsp3) is 0.273. The molecule has 4 rings (SSSR count). The Balaban J connectivity index is 1.73. The molecule has 0 saturated carbocycles. The standard InChI is InChI=1S/C22H21F2N3O3/c23-17-7-6-16(14-18(17)24)27-21(29)19(15-4-2-1-3-5-15)20(22(27)30)26-10-8-25(9-11-26)12-13-28/h1-7,14,28H,8-13H2. The highest BCUT2D eigenvalue weighted by molar-refractivity contribution is 6.45. The highest BCUT2D eigenvalue weighted by Gasteiger charge is 2.43. The van der Waals surface area contributed by atoms with Crippen molar-refractivity contribution in [1.82, 2.24) is 9.80 Å². The second-order valence-corrected chi connectivity index (χ2v) is 7.19. The highest BCUT2D eigenvalue weighted by atomic mass is 19.2. The van der Waals surface area contributed by atoms with E-state index in [2.05, 4.69) is 4.90 Å². The zero-order valence-corrected chi connectivity index (χ0v) is 16.2. The van der Waals surface area contributed by atoms with Crippen LogP contribution in [0.3, 0.4) is 0 Å². The van der Waals surface area contributed by atoms with Crippen LogP contribution in [0.25, 0.3) is 5.57 Å². The minimum absolute atomic E-state index is 0.00810. The minimum Gasteiger partial charge on any atom is -0.395 e. The molecule has 0 aromatic heterocycles. The van der Waals surface area contributed by atoms with Gasteiger partial charge in [-0.3, -0.25) is 14.5 Å². The molecule has 0 spiro atoms. The van der Waals surface area contributed by atoms with Gasteiger partial charge in [0.2, 0.25) is 0 Å². The van der Waals surface area contributed by atoms with Crippen molar-refractivity contribution in [3.63, 3.8) is 0 Å². The zero-order chi connectivity index (χ0) is 21.3. The summed E-state index contributed by atoms with van der Waals surface area (Å²) in [4.78, 5) is 31.5. The average molecular weight is 413 g/mol. The lowest BCUT2D eigenvalue weighted by atomic mass is 10.0. The number of rotatable bonds is 5. The first kappa shape index (κ1) is 20.2. The number of β-amino-alcohol motifs (C(OH)–C–C–N with tert-alkyl or cyclic N) is 1. The Labute approximate surface area is 172 Å². The van der Waals surface area contributed by atoms with Gasteiger partial charge in [-0.15, -0.1) is 0 Å². The summed E-state index contributed by atoms with van der Waals surface area (Å²) in [5.41, 5.74) is 1.10. The van der Waals surface area contributed by atoms with Gasteiger partial charge in [0.25, 0.3) is 11.8 Å². The number of carbonyl (C=O) groups excluding carboxylic acids is 2. The van der Waals surface area contributed by atoms with Crippen molar-refractivity contribution >= 4 is 23.1 Å². The van der Waals surface area contributed by atoms with Crippen LogP contribution in [0.2, 0.25) is 0 Å². The zero-order valence-electron chi connectivity index (χ0n) is 16.2. The third-order valence-corrected chi connectivity index (χ3v) is 5.39. The average Bonchev–Trinajstić information content (AvgIpc) is 3.02. The summed E-state index contributed by atoms with van der Waals surface area (Å²) in [5, 5.41) is 9.14. The van der Waals surface area contributed by atoms with Crippen molar-refractivity contribution < 1.29 is 23.5 Å². The van der Waals surface area contributed by atoms with Crippen molar-refractivity contribution in [2.24, 2.45) is 0 Å². The van der Waals surface area contributed by atoms with Crippen molar-refractivity contribution in [2.75, 3.05) is 44.2 Å². The van der Waals surface area contributed by atoms with E-state index in [4.69, 9.17) is 5.11 Å². The van der Waals surface area contributed by atoms with Gasteiger partial charge < -0.3 is 10.0 Å². The van der Waals surface area contributed by atoms with Crippen LogP contribution < -0.4 is 4.90 Å². The van der Waals surface area contributed by atoms with Gasteiger partial charge in [-0.25, -0.2) is 13.7 Å². The summed E-state index contributed by atoms with van der Waals surface area (Å²) < 4.78 is 27.2. The summed E-state index contributed by atoms with van der Waals surface area (Å²) >= 11 is 0. The van der Waals surface area contributed by atoms with Crippen molar-refractivity contribution in [2.45, 2.75) is 0 Å². The van der Waals surface area contributed by atoms with Gasteiger partial charge in [0.05, 0.1) is 17.9 Å². The van der Waals surface area contributed by atoms with E-state index in [9.17, 15) is 18.4 Å². The highest BCUT2D eigenvalue weighted by Crippen LogP contribution is 2.35. The molecule has 1 saturated heterocycles. The molecule has 2 aromatic rings. The van der Waals surface area contributed by atoms with Gasteiger partial charge in [0.1, 0.15) is 5.70 Å². The fourth-order valence-corrected chi connectivity index (χ4v) is 3.87. The lowest BCUT2D eigenvalue weighted by molar-refractivity contribution is -0.120. The van der Waals surface area contributed by atoms with Crippen molar-refractivity contribution in [3.8, 4) is 0 Å². The minimum atomic E-state index is -1.12. The molecule has 2 amide bonds. The number of aliphatic hydroxyl groups excluding tert-OH is 1. The molecule has 0 aliphatic carbocycles. The number of carbonyl (C=O) groups is 2. The van der Waals surface area contributed by atoms with Crippen LogP contribution in [0.1, 0.15) is 5.56 Å². The monoisotopic (exact) mass is 413 g/mol. The summed E-state index contributed by atoms with van der Waals surface area (Å²) in [7, 11) is 0. The Morgan fingerprint density at radius 2 is 1.57 bits per heavy atom. The first-order valence-corrected chi connectivity index (χ1v) is 9.73. The van der Waals surface area contributed by atoms with Gasteiger partial charge in [-0.2, -0.15) is 0 Å². The number of benzene rings is 2. The van der Waals surface area contributed by atoms with Crippen LogP contribution in [-0.2, 0) is 9.59 Å². The molecule has 2 aliphatic heterocycles. The molecule has 1 N–H and O–H groups in total. The quantitative estimate of drug-likeness (QED) is 0.759. The number of aliphatic hydroxyl groups is 1. The van der Waals surface area contributed by atoms with Gasteiger partial charge in [0, 0.05) is 38.8 Å². The largest absolute Gasteiger partial charge is 0.395 e. The molecule has 2 heterocycles. The molecule has 30 heavy (non-hydrogen) atoms. The van der Waals surface area contributed by atoms with Crippen LogP contribution in [0.4, 0.5) is 14.5 Å². The van der Waals surface area contributed by atoms with Crippen LogP contribution in [-0.4, -0.2) is 66.1 Å². The Kier molecular flexibility index (Phi) is 5.61. The first-order valence-electron chi connectivity index (χ1n) is 9.73. The number of anilines is 1. The maximum atomic E-state index is 13.8. The second-order valence-electron chi connectivity index (χ2n) is 7.19. The van der Waals surface area contributed by atoms with Crippen LogP contribution in [0, 0.1) is 11.6 Å². The molecule has 1 fully saturated rings. The lowest BCUT2D eigenvalue weighted by Crippen LogP contribution is -2.48. The number of amides is 2. The van der Waals surface area contributed by atoms with E-state index in [1.54, 1.807) is 24.3 Å². The molecule has 2 aromatic carbocycles. The van der Waals surface area contributed by atoms with E-state index in [0.717, 1.165) is 17.0 Å². The molecular formula is C22H21F2N3O3. The van der Waals surface area contributed by atoms with E-state index in [1.165, 1.54) is 6.07 Å². The molecule has 0 unspecified atom stereocenters. The maximum absolute atomic E-state index is 13.8. The smallest absolute Gasteiger partial charge is 0.282 e. The molecule has 0 bridgehead atoms. The molecule has 0 atom stereocenters. The fourth-order valence-electron chi connectivity index (χ4n) is 3.87. The van der Waals surface area contributed by atoms with Gasteiger partial charge in [-0.1, -0.05) is 30.3 Å². The first-order chi connectivity index (χ1) is 14.5. The lowest BCUT2D eigenvalue weighted by Gasteiger charge is -2.36. The number of halogens is 2. The van der Waals surface area contributed by atoms with Crippen LogP contribution in [0.15, 0.2) is 54.2 Å². The van der Waals surface area contributed by atoms with Gasteiger partial charge >= 0.3 is 0 Å². The molecule has 8 heteroatoms. The van der Waals surface area contributed by atoms with Crippen molar-refractivity contribution in [3.05, 3.63) is 71.4 Å². The third kappa shape index (κ3) is 3.59. The summed E-state index contributed by atoms with van der Waals surface area (Å²) in [5.74, 6) is -3.29. The third-order valence-electron chi connectivity index (χ3n) is 5.39. The molecule has 2 aliphatic rings. The molecule has 6 nitrogen and oxygen atoms in total. The number of hydrogen-bond acceptors (Lipinski definition) is 5. The summed E-state index contributed by atoms with van der Waals surface area (Å²) in [6.45, 7) is 2.90. The van der Waals surface area contributed by atoms with Crippen LogP contribution >= 0.6 is 0 Å². The van der Waals surface area contributed by atoms with E-state index in [0.29, 0.717) is 38.3 Å². The Morgan fingerprint density at radius 3 is 2.20 bits per heavy atom. The Hall–Kier alpha value is -3.10. The normalized spacial score (nSPS) is 18.0. The van der Waals surface area contributed by atoms with Gasteiger partial charge in [0.15, 0.2) is 11.6 Å². The number of imide groups is 1. The van der Waals surface area contributed by atoms with Gasteiger partial charge in [-0.05, 0) is 17.7 Å². The van der Waals surface area contributed by atoms with Crippen LogP contribution in [0.5, 0.6) is 0 Å². The Bertz CT molecular complexity index is 1000. The number of hydrogen-bond donors (Lipinski definition) is 1. The maximum Gasteiger partial charge on any atom is 0.282 e. The van der Waals surface area contributed by atoms with E-state index in [1.807, 2.05) is 11.0 Å². The number of nitrogens with zero attached hydrogens (tertiary/aromatic N) is 3. The number of piperazine rings is 1. The van der Waals surface area contributed by atoms with E-state index < -0.39 is 23.4 Å². The summed E-state index contributed by atoms with van der Waals surface area (Å²) in [6, 6.07) is 11.8. The van der Waals surface area contributed by atoms with E-state index in [-0.39, 0.29) is 23.6 Å². The van der Waals surface area contributed by atoms with Crippen molar-refractivity contribution in [1.29, 1.82) is 0 Å². The van der Waals surface area contributed by atoms with E-state index >= 15 is 0 Å². The molecular weight excluding hydrogens is 392 g/mol. The topological polar surface area (TPSA) is 64.1 Å². The predicted molar refractivity (Wildman–Crippen MR) is 107 cm³/mol. The Morgan fingerprint density at radius 1 is 0.867 bits per heavy atom. The SMILES string of the molecule is O=C1C(c2ccccc2)=C(N2CCN(CCO)CC2)C(=O)N1c1ccc(F)c(F)c1.